The van der Waals surface area contributed by atoms with Gasteiger partial charge in [0.15, 0.2) is 0 Å². The molecular weight excluding hydrogens is 338 g/mol. The average molecular weight is 346 g/mol. The van der Waals surface area contributed by atoms with E-state index in [0.717, 1.165) is 22.6 Å². The molecule has 0 fully saturated rings. The van der Waals surface area contributed by atoms with Crippen LogP contribution in [0.25, 0.3) is 16.9 Å². The summed E-state index contributed by atoms with van der Waals surface area (Å²) < 4.78 is 1.88. The molecule has 0 saturated carbocycles. The molecule has 0 saturated heterocycles. The van der Waals surface area contributed by atoms with Gasteiger partial charge in [-0.05, 0) is 24.3 Å². The van der Waals surface area contributed by atoms with E-state index < -0.39 is 0 Å². The van der Waals surface area contributed by atoms with Gasteiger partial charge in [0.2, 0.25) is 0 Å². The van der Waals surface area contributed by atoms with Crippen LogP contribution in [0.5, 0.6) is 0 Å². The minimum Gasteiger partial charge on any atom is -0.301 e. The van der Waals surface area contributed by atoms with Gasteiger partial charge in [0.25, 0.3) is 0 Å². The van der Waals surface area contributed by atoms with E-state index in [9.17, 15) is 0 Å². The Kier molecular flexibility index (Phi) is 3.83. The normalized spacial score (nSPS) is 11.2. The Morgan fingerprint density at radius 1 is 1.00 bits per heavy atom. The van der Waals surface area contributed by atoms with Crippen molar-refractivity contribution in [1.82, 2.24) is 9.38 Å². The van der Waals surface area contributed by atoms with Gasteiger partial charge < -0.3 is 4.40 Å². The number of imidazole rings is 1. The van der Waals surface area contributed by atoms with Crippen LogP contribution in [0.15, 0.2) is 36.5 Å². The Morgan fingerprint density at radius 2 is 1.80 bits per heavy atom. The standard InChI is InChI=1S/C14H8Cl4N2/c15-6-12-14(8-1-3-10(17)11(18)5-8)19-13-4-2-9(16)7-20(12)13/h1-5,7H,6H2. The Bertz CT molecular complexity index is 795. The van der Waals surface area contributed by atoms with E-state index in [1.54, 1.807) is 24.4 Å². The van der Waals surface area contributed by atoms with E-state index in [-0.39, 0.29) is 0 Å². The lowest BCUT2D eigenvalue weighted by atomic mass is 10.1. The Morgan fingerprint density at radius 3 is 2.50 bits per heavy atom. The third-order valence-electron chi connectivity index (χ3n) is 3.00. The lowest BCUT2D eigenvalue weighted by molar-refractivity contribution is 1.09. The van der Waals surface area contributed by atoms with Crippen LogP contribution in [0.2, 0.25) is 15.1 Å². The fourth-order valence-corrected chi connectivity index (χ4v) is 2.78. The zero-order valence-corrected chi connectivity index (χ0v) is 13.1. The first-order chi connectivity index (χ1) is 9.60. The van der Waals surface area contributed by atoms with Crippen molar-refractivity contribution in [2.45, 2.75) is 5.88 Å². The first-order valence-electron chi connectivity index (χ1n) is 5.78. The molecule has 0 spiro atoms. The van der Waals surface area contributed by atoms with Crippen LogP contribution < -0.4 is 0 Å². The zero-order valence-electron chi connectivity index (χ0n) is 10.1. The lowest BCUT2D eigenvalue weighted by Gasteiger charge is -2.03. The highest BCUT2D eigenvalue weighted by Crippen LogP contribution is 2.31. The molecule has 6 heteroatoms. The van der Waals surface area contributed by atoms with Gasteiger partial charge in [0.05, 0.1) is 32.3 Å². The summed E-state index contributed by atoms with van der Waals surface area (Å²) in [5, 5.41) is 1.62. The molecule has 102 valence electrons. The van der Waals surface area contributed by atoms with Crippen LogP contribution in [0.3, 0.4) is 0 Å². The Hall–Kier alpha value is -0.930. The van der Waals surface area contributed by atoms with Crippen molar-refractivity contribution in [2.75, 3.05) is 0 Å². The van der Waals surface area contributed by atoms with Gasteiger partial charge in [-0.1, -0.05) is 40.9 Å². The summed E-state index contributed by atoms with van der Waals surface area (Å²) in [5.41, 5.74) is 3.30. The van der Waals surface area contributed by atoms with Gasteiger partial charge in [-0.3, -0.25) is 0 Å². The summed E-state index contributed by atoms with van der Waals surface area (Å²) in [5.74, 6) is 0.317. The SMILES string of the molecule is ClCc1c(-c2ccc(Cl)c(Cl)c2)nc2ccc(Cl)cn12. The zero-order chi connectivity index (χ0) is 14.3. The molecule has 1 aromatic carbocycles. The van der Waals surface area contributed by atoms with E-state index in [1.165, 1.54) is 0 Å². The van der Waals surface area contributed by atoms with E-state index in [2.05, 4.69) is 4.98 Å². The molecule has 0 atom stereocenters. The van der Waals surface area contributed by atoms with Crippen LogP contribution in [-0.4, -0.2) is 9.38 Å². The maximum atomic E-state index is 6.06. The monoisotopic (exact) mass is 344 g/mol. The van der Waals surface area contributed by atoms with Crippen molar-refractivity contribution in [3.63, 3.8) is 0 Å². The maximum absolute atomic E-state index is 6.06. The molecule has 3 aromatic rings. The topological polar surface area (TPSA) is 17.3 Å². The molecule has 2 aromatic heterocycles. The number of fused-ring (bicyclic) bond motifs is 1. The molecule has 0 amide bonds. The summed E-state index contributed by atoms with van der Waals surface area (Å²) in [6, 6.07) is 9.03. The fourth-order valence-electron chi connectivity index (χ4n) is 2.07. The van der Waals surface area contributed by atoms with Crippen LogP contribution in [0.1, 0.15) is 5.69 Å². The van der Waals surface area contributed by atoms with Gasteiger partial charge in [0.1, 0.15) is 5.65 Å². The summed E-state index contributed by atoms with van der Waals surface area (Å²) in [6.45, 7) is 0. The quantitative estimate of drug-likeness (QED) is 0.544. The lowest BCUT2D eigenvalue weighted by Crippen LogP contribution is -1.91. The van der Waals surface area contributed by atoms with Crippen LogP contribution in [-0.2, 0) is 5.88 Å². The summed E-state index contributed by atoms with van der Waals surface area (Å²) in [6.07, 6.45) is 1.79. The van der Waals surface area contributed by atoms with Crippen LogP contribution >= 0.6 is 46.4 Å². The summed E-state index contributed by atoms with van der Waals surface area (Å²) in [4.78, 5) is 4.58. The van der Waals surface area contributed by atoms with Crippen molar-refractivity contribution < 1.29 is 0 Å². The molecular formula is C14H8Cl4N2. The van der Waals surface area contributed by atoms with Crippen LogP contribution in [0.4, 0.5) is 0 Å². The number of aromatic nitrogens is 2. The smallest absolute Gasteiger partial charge is 0.137 e. The van der Waals surface area contributed by atoms with Crippen molar-refractivity contribution >= 4 is 52.1 Å². The summed E-state index contributed by atoms with van der Waals surface area (Å²) in [7, 11) is 0. The molecule has 0 radical (unpaired) electrons. The van der Waals surface area contributed by atoms with Gasteiger partial charge in [-0.25, -0.2) is 4.98 Å². The predicted molar refractivity (Wildman–Crippen MR) is 85.2 cm³/mol. The van der Waals surface area contributed by atoms with Gasteiger partial charge in [-0.2, -0.15) is 0 Å². The van der Waals surface area contributed by atoms with Crippen LogP contribution in [0, 0.1) is 0 Å². The van der Waals surface area contributed by atoms with Crippen molar-refractivity contribution in [1.29, 1.82) is 0 Å². The second-order valence-electron chi connectivity index (χ2n) is 4.25. The van der Waals surface area contributed by atoms with Crippen molar-refractivity contribution in [3.8, 4) is 11.3 Å². The molecule has 2 nitrogen and oxygen atoms in total. The number of hydrogen-bond donors (Lipinski definition) is 0. The number of halogens is 4. The average Bonchev–Trinajstić information content (AvgIpc) is 2.79. The maximum Gasteiger partial charge on any atom is 0.137 e. The summed E-state index contributed by atoms with van der Waals surface area (Å²) >= 11 is 24.1. The highest BCUT2D eigenvalue weighted by molar-refractivity contribution is 6.42. The molecule has 0 unspecified atom stereocenters. The molecule has 0 N–H and O–H groups in total. The van der Waals surface area contributed by atoms with E-state index >= 15 is 0 Å². The van der Waals surface area contributed by atoms with E-state index in [0.29, 0.717) is 20.9 Å². The van der Waals surface area contributed by atoms with Gasteiger partial charge in [0, 0.05) is 11.8 Å². The fraction of sp³-hybridized carbons (Fsp3) is 0.0714. The first-order valence-corrected chi connectivity index (χ1v) is 7.45. The number of hydrogen-bond acceptors (Lipinski definition) is 1. The van der Waals surface area contributed by atoms with Gasteiger partial charge in [-0.15, -0.1) is 11.6 Å². The number of pyridine rings is 1. The second kappa shape index (κ2) is 5.45. The Labute approximate surface area is 135 Å². The number of rotatable bonds is 2. The third-order valence-corrected chi connectivity index (χ3v) is 4.22. The molecule has 20 heavy (non-hydrogen) atoms. The molecule has 0 aliphatic carbocycles. The molecule has 0 aliphatic rings. The molecule has 0 aliphatic heterocycles. The predicted octanol–water partition coefficient (Wildman–Crippen LogP) is 5.70. The highest BCUT2D eigenvalue weighted by Gasteiger charge is 2.14. The molecule has 3 rings (SSSR count). The number of benzene rings is 1. The highest BCUT2D eigenvalue weighted by atomic mass is 35.5. The minimum absolute atomic E-state index is 0.317. The largest absolute Gasteiger partial charge is 0.301 e. The first kappa shape index (κ1) is 14.0. The third kappa shape index (κ3) is 2.38. The van der Waals surface area contributed by atoms with Gasteiger partial charge >= 0.3 is 0 Å². The number of nitrogens with zero attached hydrogens (tertiary/aromatic N) is 2. The minimum atomic E-state index is 0.317. The Balaban J connectivity index is 2.27. The molecule has 2 heterocycles. The number of alkyl halides is 1. The van der Waals surface area contributed by atoms with E-state index in [1.807, 2.05) is 16.5 Å². The van der Waals surface area contributed by atoms with Crippen molar-refractivity contribution in [2.24, 2.45) is 0 Å². The van der Waals surface area contributed by atoms with Crippen molar-refractivity contribution in [3.05, 3.63) is 57.3 Å². The van der Waals surface area contributed by atoms with E-state index in [4.69, 9.17) is 46.4 Å². The second-order valence-corrected chi connectivity index (χ2v) is 5.76. The molecule has 0 bridgehead atoms.